The van der Waals surface area contributed by atoms with Crippen LogP contribution in [0.4, 0.5) is 4.39 Å². The first-order chi connectivity index (χ1) is 9.74. The van der Waals surface area contributed by atoms with Gasteiger partial charge in [0.25, 0.3) is 0 Å². The summed E-state index contributed by atoms with van der Waals surface area (Å²) in [6.07, 6.45) is -0.0862. The Kier molecular flexibility index (Phi) is 3.41. The first kappa shape index (κ1) is 12.7. The number of halogens is 1. The lowest BCUT2D eigenvalue weighted by Gasteiger charge is -2.06. The van der Waals surface area contributed by atoms with E-state index < -0.39 is 6.10 Å². The highest BCUT2D eigenvalue weighted by Crippen LogP contribution is 2.28. The number of fused-ring (bicyclic) bond motifs is 1. The molecule has 3 heteroatoms. The third kappa shape index (κ3) is 2.52. The number of ether oxygens (including phenoxy) is 1. The van der Waals surface area contributed by atoms with Gasteiger partial charge in [0.2, 0.25) is 0 Å². The maximum Gasteiger partial charge on any atom is 0.140 e. The van der Waals surface area contributed by atoms with Crippen LogP contribution in [0, 0.1) is 17.7 Å². The molecule has 0 bridgehead atoms. The molecule has 0 saturated carbocycles. The minimum Gasteiger partial charge on any atom is -0.493 e. The highest BCUT2D eigenvalue weighted by molar-refractivity contribution is 5.43. The summed E-state index contributed by atoms with van der Waals surface area (Å²) in [4.78, 5) is 0. The van der Waals surface area contributed by atoms with E-state index in [1.165, 1.54) is 6.07 Å². The Balaban J connectivity index is 1.84. The molecule has 1 aliphatic heterocycles. The third-order valence-corrected chi connectivity index (χ3v) is 3.25. The second kappa shape index (κ2) is 5.36. The zero-order valence-electron chi connectivity index (χ0n) is 10.8. The van der Waals surface area contributed by atoms with E-state index >= 15 is 0 Å². The molecular weight excluding hydrogens is 255 g/mol. The van der Waals surface area contributed by atoms with Crippen molar-refractivity contribution in [3.05, 3.63) is 65.0 Å². The average molecular weight is 268 g/mol. The van der Waals surface area contributed by atoms with Crippen LogP contribution in [0.3, 0.4) is 0 Å². The van der Waals surface area contributed by atoms with Gasteiger partial charge in [-0.1, -0.05) is 30.0 Å². The van der Waals surface area contributed by atoms with Crippen LogP contribution < -0.4 is 4.74 Å². The molecule has 1 unspecified atom stereocenters. The summed E-state index contributed by atoms with van der Waals surface area (Å²) in [5, 5.41) is 10.1. The number of aliphatic hydroxyl groups is 1. The Morgan fingerprint density at radius 3 is 2.90 bits per heavy atom. The molecule has 1 atom stereocenters. The van der Waals surface area contributed by atoms with Crippen molar-refractivity contribution in [2.75, 3.05) is 6.61 Å². The van der Waals surface area contributed by atoms with E-state index in [-0.39, 0.29) is 11.4 Å². The van der Waals surface area contributed by atoms with E-state index in [4.69, 9.17) is 4.74 Å². The van der Waals surface area contributed by atoms with Crippen molar-refractivity contribution >= 4 is 0 Å². The van der Waals surface area contributed by atoms with Gasteiger partial charge in [0, 0.05) is 6.42 Å². The summed E-state index contributed by atoms with van der Waals surface area (Å²) in [5.41, 5.74) is 2.07. The predicted molar refractivity (Wildman–Crippen MR) is 73.9 cm³/mol. The van der Waals surface area contributed by atoms with Gasteiger partial charge in [-0.2, -0.15) is 0 Å². The number of hydrogen-bond acceptors (Lipinski definition) is 2. The van der Waals surface area contributed by atoms with Crippen LogP contribution in [0.15, 0.2) is 42.5 Å². The molecule has 0 radical (unpaired) electrons. The molecule has 0 aromatic heterocycles. The Bertz CT molecular complexity index is 698. The zero-order chi connectivity index (χ0) is 13.9. The van der Waals surface area contributed by atoms with E-state index in [2.05, 4.69) is 11.8 Å². The molecule has 0 spiro atoms. The summed E-state index contributed by atoms with van der Waals surface area (Å²) in [7, 11) is 0. The van der Waals surface area contributed by atoms with Gasteiger partial charge < -0.3 is 9.84 Å². The van der Waals surface area contributed by atoms with Gasteiger partial charge >= 0.3 is 0 Å². The van der Waals surface area contributed by atoms with Crippen LogP contribution in [0.2, 0.25) is 0 Å². The van der Waals surface area contributed by atoms with Gasteiger partial charge in [-0.15, -0.1) is 0 Å². The van der Waals surface area contributed by atoms with Crippen LogP contribution >= 0.6 is 0 Å². The van der Waals surface area contributed by atoms with Crippen LogP contribution in [0.5, 0.6) is 5.75 Å². The van der Waals surface area contributed by atoms with Gasteiger partial charge in [-0.05, 0) is 35.4 Å². The third-order valence-electron chi connectivity index (χ3n) is 3.25. The molecular formula is C17H13FO2. The highest BCUT2D eigenvalue weighted by atomic mass is 19.1. The SMILES string of the molecule is OC(C#Cc1ccccc1F)c1ccc2c(c1)CCO2. The monoisotopic (exact) mass is 268 g/mol. The van der Waals surface area contributed by atoms with Crippen molar-refractivity contribution < 1.29 is 14.2 Å². The van der Waals surface area contributed by atoms with E-state index in [0.717, 1.165) is 17.7 Å². The van der Waals surface area contributed by atoms with Crippen molar-refractivity contribution in [1.29, 1.82) is 0 Å². The Morgan fingerprint density at radius 1 is 1.20 bits per heavy atom. The molecule has 2 aromatic rings. The molecule has 0 fully saturated rings. The zero-order valence-corrected chi connectivity index (χ0v) is 10.8. The lowest BCUT2D eigenvalue weighted by molar-refractivity contribution is 0.238. The Labute approximate surface area is 116 Å². The molecule has 3 rings (SSSR count). The van der Waals surface area contributed by atoms with Crippen molar-refractivity contribution in [1.82, 2.24) is 0 Å². The fourth-order valence-electron chi connectivity index (χ4n) is 2.17. The van der Waals surface area contributed by atoms with Crippen molar-refractivity contribution in [2.24, 2.45) is 0 Å². The van der Waals surface area contributed by atoms with Gasteiger partial charge in [0.15, 0.2) is 0 Å². The summed E-state index contributed by atoms with van der Waals surface area (Å²) in [6, 6.07) is 11.8. The molecule has 1 aliphatic rings. The minimum atomic E-state index is -0.930. The Morgan fingerprint density at radius 2 is 2.05 bits per heavy atom. The van der Waals surface area contributed by atoms with Crippen molar-refractivity contribution in [3.8, 4) is 17.6 Å². The number of rotatable bonds is 1. The van der Waals surface area contributed by atoms with E-state index in [9.17, 15) is 9.50 Å². The average Bonchev–Trinajstić information content (AvgIpc) is 2.93. The standard InChI is InChI=1S/C17H13FO2/c18-15-4-2-1-3-12(15)5-7-16(19)13-6-8-17-14(11-13)9-10-20-17/h1-4,6,8,11,16,19H,9-10H2. The maximum absolute atomic E-state index is 13.4. The molecule has 0 saturated heterocycles. The van der Waals surface area contributed by atoms with Crippen LogP contribution in [0.1, 0.15) is 22.8 Å². The normalized spacial score (nSPS) is 13.9. The molecule has 1 N–H and O–H groups in total. The lowest BCUT2D eigenvalue weighted by Crippen LogP contribution is -1.95. The molecule has 20 heavy (non-hydrogen) atoms. The molecule has 0 aliphatic carbocycles. The largest absolute Gasteiger partial charge is 0.493 e. The second-order valence-corrected chi connectivity index (χ2v) is 4.62. The van der Waals surface area contributed by atoms with Gasteiger partial charge in [-0.25, -0.2) is 4.39 Å². The fourth-order valence-corrected chi connectivity index (χ4v) is 2.17. The van der Waals surface area contributed by atoms with Crippen molar-refractivity contribution in [2.45, 2.75) is 12.5 Å². The van der Waals surface area contributed by atoms with E-state index in [0.29, 0.717) is 12.2 Å². The quantitative estimate of drug-likeness (QED) is 0.806. The van der Waals surface area contributed by atoms with Gasteiger partial charge in [0.05, 0.1) is 12.2 Å². The van der Waals surface area contributed by atoms with Crippen LogP contribution in [0.25, 0.3) is 0 Å². The predicted octanol–water partition coefficient (Wildman–Crippen LogP) is 2.85. The Hall–Kier alpha value is -2.31. The summed E-state index contributed by atoms with van der Waals surface area (Å²) in [6.45, 7) is 0.676. The number of benzene rings is 2. The first-order valence-corrected chi connectivity index (χ1v) is 6.44. The molecule has 2 nitrogen and oxygen atoms in total. The van der Waals surface area contributed by atoms with Gasteiger partial charge in [0.1, 0.15) is 17.7 Å². The summed E-state index contributed by atoms with van der Waals surface area (Å²) < 4.78 is 18.8. The highest BCUT2D eigenvalue weighted by Gasteiger charge is 2.14. The van der Waals surface area contributed by atoms with E-state index in [1.807, 2.05) is 12.1 Å². The van der Waals surface area contributed by atoms with Crippen LogP contribution in [-0.4, -0.2) is 11.7 Å². The summed E-state index contributed by atoms with van der Waals surface area (Å²) >= 11 is 0. The smallest absolute Gasteiger partial charge is 0.140 e. The molecule has 0 amide bonds. The first-order valence-electron chi connectivity index (χ1n) is 6.44. The maximum atomic E-state index is 13.4. The summed E-state index contributed by atoms with van der Waals surface area (Å²) in [5.74, 6) is 5.83. The minimum absolute atomic E-state index is 0.288. The van der Waals surface area contributed by atoms with Crippen molar-refractivity contribution in [3.63, 3.8) is 0 Å². The molecule has 2 aromatic carbocycles. The molecule has 100 valence electrons. The number of aliphatic hydroxyl groups excluding tert-OH is 1. The topological polar surface area (TPSA) is 29.5 Å². The fraction of sp³-hybridized carbons (Fsp3) is 0.176. The lowest BCUT2D eigenvalue weighted by atomic mass is 10.0. The number of hydrogen-bond donors (Lipinski definition) is 1. The van der Waals surface area contributed by atoms with Crippen LogP contribution in [-0.2, 0) is 6.42 Å². The van der Waals surface area contributed by atoms with Gasteiger partial charge in [-0.3, -0.25) is 0 Å². The molecule has 1 heterocycles. The second-order valence-electron chi connectivity index (χ2n) is 4.62. The van der Waals surface area contributed by atoms with E-state index in [1.54, 1.807) is 24.3 Å².